The number of allylic oxidation sites excluding steroid dienone is 4. The molecule has 8 heteroatoms. The van der Waals surface area contributed by atoms with Gasteiger partial charge in [0.05, 0.1) is 46.2 Å². The fourth-order valence-electron chi connectivity index (χ4n) is 9.01. The van der Waals surface area contributed by atoms with Crippen molar-refractivity contribution < 1.29 is 20.4 Å². The van der Waals surface area contributed by atoms with Crippen LogP contribution in [-0.4, -0.2) is 63.8 Å². The van der Waals surface area contributed by atoms with E-state index < -0.39 is 23.4 Å². The Bertz CT molecular complexity index is 2190. The smallest absolute Gasteiger partial charge is 0.0849 e. The maximum atomic E-state index is 10.8. The van der Waals surface area contributed by atoms with Crippen molar-refractivity contribution in [2.75, 3.05) is 0 Å². The van der Waals surface area contributed by atoms with E-state index in [-0.39, 0.29) is 11.8 Å². The molecular weight excluding hydrogens is 793 g/mol. The van der Waals surface area contributed by atoms with Crippen LogP contribution in [0.1, 0.15) is 179 Å². The molecule has 0 amide bonds. The molecular formula is C56H82N4O4. The highest BCUT2D eigenvalue weighted by Crippen LogP contribution is 2.33. The van der Waals surface area contributed by atoms with Crippen molar-refractivity contribution in [2.24, 2.45) is 23.7 Å². The van der Waals surface area contributed by atoms with Gasteiger partial charge in [-0.1, -0.05) is 51.0 Å². The molecule has 6 unspecified atom stereocenters. The minimum atomic E-state index is -1.15. The lowest BCUT2D eigenvalue weighted by Gasteiger charge is -2.25. The van der Waals surface area contributed by atoms with E-state index in [1.54, 1.807) is 27.7 Å². The number of hydrogen-bond acceptors (Lipinski definition) is 6. The molecule has 64 heavy (non-hydrogen) atoms. The van der Waals surface area contributed by atoms with Crippen LogP contribution in [0.25, 0.3) is 46.4 Å². The predicted octanol–water partition coefficient (Wildman–Crippen LogP) is 12.7. The standard InChI is InChI=1S/C56H82N4O4/c1-35(2)15-13-17-37(5)31-41-45-21-25-49(57-45)43(33-39(7)19-29-53(61)55(9,10)63)51-27-23-47(59-51)42(32-38(6)18-14-16-36(3)4)48-24-28-52(60-48)44(50-26-22-46(41)58-50)34-40(8)20-30-54(62)56(11,12)64/h15-16,21-28,37-40,53-54,57-58,61-64H,13-14,17-20,29-34H2,1-12H3. The first kappa shape index (κ1) is 50.9. The molecule has 0 saturated carbocycles. The third-order valence-electron chi connectivity index (χ3n) is 13.3. The normalized spacial score (nSPS) is 15.8. The number of aliphatic hydroxyl groups excluding tert-OH is 2. The molecule has 2 aliphatic rings. The first-order valence-corrected chi connectivity index (χ1v) is 24.3. The summed E-state index contributed by atoms with van der Waals surface area (Å²) in [4.78, 5) is 18.8. The Morgan fingerprint density at radius 1 is 0.484 bits per heavy atom. The Morgan fingerprint density at radius 3 is 1.12 bits per heavy atom. The molecule has 8 bridgehead atoms. The van der Waals surface area contributed by atoms with Crippen LogP contribution in [0.2, 0.25) is 0 Å². The monoisotopic (exact) mass is 875 g/mol. The van der Waals surface area contributed by atoms with E-state index in [9.17, 15) is 20.4 Å². The molecule has 0 aromatic carbocycles. The van der Waals surface area contributed by atoms with Gasteiger partial charge in [0.2, 0.25) is 0 Å². The van der Waals surface area contributed by atoms with Crippen LogP contribution < -0.4 is 0 Å². The topological polar surface area (TPSA) is 138 Å². The Hall–Kier alpha value is -4.08. The Balaban J connectivity index is 1.76. The van der Waals surface area contributed by atoms with Gasteiger partial charge in [0.1, 0.15) is 0 Å². The van der Waals surface area contributed by atoms with Crippen molar-refractivity contribution in [1.29, 1.82) is 0 Å². The van der Waals surface area contributed by atoms with E-state index in [2.05, 4.69) is 126 Å². The largest absolute Gasteiger partial charge is 0.390 e. The molecule has 6 N–H and O–H groups in total. The molecule has 6 atom stereocenters. The number of nitrogens with zero attached hydrogens (tertiary/aromatic N) is 2. The maximum Gasteiger partial charge on any atom is 0.0849 e. The van der Waals surface area contributed by atoms with Crippen LogP contribution >= 0.6 is 0 Å². The summed E-state index contributed by atoms with van der Waals surface area (Å²) >= 11 is 0. The molecule has 8 nitrogen and oxygen atoms in total. The van der Waals surface area contributed by atoms with Gasteiger partial charge >= 0.3 is 0 Å². The highest BCUT2D eigenvalue weighted by atomic mass is 16.3. The second kappa shape index (κ2) is 22.4. The minimum Gasteiger partial charge on any atom is -0.390 e. The van der Waals surface area contributed by atoms with E-state index in [4.69, 9.17) is 9.97 Å². The number of aliphatic hydroxyl groups is 4. The van der Waals surface area contributed by atoms with Crippen LogP contribution in [0.3, 0.4) is 0 Å². The lowest BCUT2D eigenvalue weighted by molar-refractivity contribution is -0.0534. The van der Waals surface area contributed by atoms with Gasteiger partial charge in [-0.3, -0.25) is 0 Å². The molecule has 5 rings (SSSR count). The van der Waals surface area contributed by atoms with Crippen LogP contribution in [0.5, 0.6) is 0 Å². The molecule has 5 heterocycles. The van der Waals surface area contributed by atoms with E-state index in [1.165, 1.54) is 16.7 Å². The van der Waals surface area contributed by atoms with Crippen LogP contribution in [0.15, 0.2) is 47.6 Å². The van der Waals surface area contributed by atoms with Crippen molar-refractivity contribution in [2.45, 2.75) is 184 Å². The first-order chi connectivity index (χ1) is 30.1. The summed E-state index contributed by atoms with van der Waals surface area (Å²) in [6.45, 7) is 24.5. The van der Waals surface area contributed by atoms with Crippen molar-refractivity contribution >= 4 is 46.4 Å². The minimum absolute atomic E-state index is 0.224. The van der Waals surface area contributed by atoms with Gasteiger partial charge < -0.3 is 30.4 Å². The van der Waals surface area contributed by atoms with Crippen molar-refractivity contribution in [3.05, 3.63) is 92.6 Å². The van der Waals surface area contributed by atoms with Gasteiger partial charge in [-0.05, 0) is 210 Å². The SMILES string of the molecule is CC(C)=CCCC(C)Cc1c2nc(c(CC(C)CCC(O)C(C)(C)O)c3ccc([nH]3)c(CC(C)CCC=C(C)C)c3ccc([nH]3)c(CC(C)CCC(O)C(C)(C)O)c3nc1C=C3)C=C2. The number of H-pyrrole nitrogens is 2. The quantitative estimate of drug-likeness (QED) is 0.0383. The lowest BCUT2D eigenvalue weighted by Crippen LogP contribution is -2.36. The predicted molar refractivity (Wildman–Crippen MR) is 271 cm³/mol. The van der Waals surface area contributed by atoms with Crippen LogP contribution in [0.4, 0.5) is 0 Å². The summed E-state index contributed by atoms with van der Waals surface area (Å²) in [5.41, 5.74) is 13.1. The summed E-state index contributed by atoms with van der Waals surface area (Å²) in [5.74, 6) is 1.29. The van der Waals surface area contributed by atoms with Gasteiger partial charge in [-0.2, -0.15) is 0 Å². The van der Waals surface area contributed by atoms with Crippen molar-refractivity contribution in [1.82, 2.24) is 19.9 Å². The Labute approximate surface area is 385 Å². The summed E-state index contributed by atoms with van der Waals surface area (Å²) in [6, 6.07) is 8.90. The van der Waals surface area contributed by atoms with E-state index in [0.717, 1.165) is 126 Å². The van der Waals surface area contributed by atoms with E-state index in [0.29, 0.717) is 24.7 Å². The molecule has 3 aromatic rings. The summed E-state index contributed by atoms with van der Waals surface area (Å²) in [5, 5.41) is 42.5. The molecule has 3 aromatic heterocycles. The highest BCUT2D eigenvalue weighted by molar-refractivity contribution is 5.83. The average Bonchev–Trinajstić information content (AvgIpc) is 4.05. The Kier molecular flexibility index (Phi) is 17.8. The maximum absolute atomic E-state index is 10.8. The second-order valence-electron chi connectivity index (χ2n) is 21.4. The third kappa shape index (κ3) is 14.5. The number of nitrogens with one attached hydrogen (secondary N) is 2. The van der Waals surface area contributed by atoms with E-state index >= 15 is 0 Å². The molecule has 0 radical (unpaired) electrons. The van der Waals surface area contributed by atoms with Crippen LogP contribution in [-0.2, 0) is 25.7 Å². The number of hydrogen-bond donors (Lipinski definition) is 6. The zero-order chi connectivity index (χ0) is 46.9. The lowest BCUT2D eigenvalue weighted by atomic mass is 9.90. The second-order valence-corrected chi connectivity index (χ2v) is 21.4. The fraction of sp³-hybridized carbons (Fsp3) is 0.571. The van der Waals surface area contributed by atoms with Gasteiger partial charge in [-0.15, -0.1) is 0 Å². The third-order valence-corrected chi connectivity index (χ3v) is 13.3. The van der Waals surface area contributed by atoms with Crippen molar-refractivity contribution in [3.63, 3.8) is 0 Å². The first-order valence-electron chi connectivity index (χ1n) is 24.3. The Morgan fingerprint density at radius 2 is 0.781 bits per heavy atom. The number of aromatic nitrogens is 4. The highest BCUT2D eigenvalue weighted by Gasteiger charge is 2.27. The van der Waals surface area contributed by atoms with Crippen molar-refractivity contribution in [3.8, 4) is 0 Å². The average molecular weight is 875 g/mol. The van der Waals surface area contributed by atoms with Gasteiger partial charge in [0.25, 0.3) is 0 Å². The molecule has 0 spiro atoms. The zero-order valence-electron chi connectivity index (χ0n) is 41.4. The van der Waals surface area contributed by atoms with Gasteiger partial charge in [0, 0.05) is 38.8 Å². The molecule has 2 aliphatic heterocycles. The molecule has 0 saturated heterocycles. The number of fused-ring (bicyclic) bond motifs is 8. The van der Waals surface area contributed by atoms with Gasteiger partial charge in [-0.25, -0.2) is 9.97 Å². The summed E-state index contributed by atoms with van der Waals surface area (Å²) in [6.07, 6.45) is 21.8. The molecule has 0 aliphatic carbocycles. The number of aromatic amines is 2. The number of rotatable bonds is 22. The zero-order valence-corrected chi connectivity index (χ0v) is 41.4. The van der Waals surface area contributed by atoms with Gasteiger partial charge in [0.15, 0.2) is 0 Å². The fourth-order valence-corrected chi connectivity index (χ4v) is 9.01. The molecule has 350 valence electrons. The summed E-state index contributed by atoms with van der Waals surface area (Å²) in [7, 11) is 0. The summed E-state index contributed by atoms with van der Waals surface area (Å²) < 4.78 is 0. The van der Waals surface area contributed by atoms with E-state index in [1.807, 2.05) is 0 Å². The molecule has 0 fully saturated rings. The van der Waals surface area contributed by atoms with Crippen LogP contribution in [0, 0.1) is 23.7 Å².